The monoisotopic (exact) mass is 275 g/mol. The Morgan fingerprint density at radius 3 is 2.50 bits per heavy atom. The highest BCUT2D eigenvalue weighted by atomic mass is 16.2. The molecule has 1 aliphatic heterocycles. The lowest BCUT2D eigenvalue weighted by Crippen LogP contribution is -2.49. The highest BCUT2D eigenvalue weighted by Crippen LogP contribution is 2.32. The number of carbonyl (C=O) groups excluding carboxylic acids is 1. The maximum absolute atomic E-state index is 12.3. The molecule has 0 saturated carbocycles. The Labute approximate surface area is 121 Å². The molecule has 1 fully saturated rings. The minimum atomic E-state index is -0.245. The van der Waals surface area contributed by atoms with E-state index in [2.05, 4.69) is 34.3 Å². The summed E-state index contributed by atoms with van der Waals surface area (Å²) in [5.74, 6) is 1.20. The summed E-state index contributed by atoms with van der Waals surface area (Å²) >= 11 is 0. The van der Waals surface area contributed by atoms with Crippen LogP contribution in [-0.2, 0) is 4.79 Å². The van der Waals surface area contributed by atoms with E-state index < -0.39 is 0 Å². The molecule has 2 heterocycles. The number of aromatic nitrogens is 1. The van der Waals surface area contributed by atoms with E-state index >= 15 is 0 Å². The van der Waals surface area contributed by atoms with Crippen LogP contribution < -0.4 is 10.2 Å². The minimum absolute atomic E-state index is 0.184. The molecular formula is C16H25N3O. The summed E-state index contributed by atoms with van der Waals surface area (Å²) in [5, 5.41) is 3.04. The quantitative estimate of drug-likeness (QED) is 0.922. The summed E-state index contributed by atoms with van der Waals surface area (Å²) in [7, 11) is 0. The largest absolute Gasteiger partial charge is 0.357 e. The number of hydrogen-bond donors (Lipinski definition) is 1. The molecule has 1 saturated heterocycles. The van der Waals surface area contributed by atoms with Crippen molar-refractivity contribution in [3.63, 3.8) is 0 Å². The topological polar surface area (TPSA) is 45.2 Å². The molecule has 1 aromatic heterocycles. The van der Waals surface area contributed by atoms with Gasteiger partial charge in [-0.2, -0.15) is 0 Å². The number of anilines is 1. The van der Waals surface area contributed by atoms with Crippen LogP contribution >= 0.6 is 0 Å². The van der Waals surface area contributed by atoms with Gasteiger partial charge in [0, 0.05) is 30.7 Å². The lowest BCUT2D eigenvalue weighted by Gasteiger charge is -2.39. The van der Waals surface area contributed by atoms with E-state index in [0.29, 0.717) is 0 Å². The molecule has 0 radical (unpaired) electrons. The van der Waals surface area contributed by atoms with Gasteiger partial charge in [-0.1, -0.05) is 13.0 Å². The Balaban J connectivity index is 1.98. The number of nitrogens with one attached hydrogen (secondary N) is 1. The van der Waals surface area contributed by atoms with Crippen molar-refractivity contribution in [2.24, 2.45) is 5.41 Å². The summed E-state index contributed by atoms with van der Waals surface area (Å²) in [5.41, 5.74) is 0.928. The molecule has 0 atom stereocenters. The Bertz CT molecular complexity index is 459. The van der Waals surface area contributed by atoms with Crippen molar-refractivity contribution < 1.29 is 4.79 Å². The molecule has 2 rings (SSSR count). The molecule has 0 aromatic carbocycles. The normalized spacial score (nSPS) is 18.1. The summed E-state index contributed by atoms with van der Waals surface area (Å²) in [6, 6.07) is 4.35. The van der Waals surface area contributed by atoms with Gasteiger partial charge in [0.2, 0.25) is 5.91 Å². The molecule has 1 aromatic rings. The molecule has 0 aliphatic carbocycles. The lowest BCUT2D eigenvalue weighted by atomic mass is 9.79. The molecule has 1 N–H and O–H groups in total. The van der Waals surface area contributed by atoms with Crippen LogP contribution in [0.15, 0.2) is 18.3 Å². The maximum atomic E-state index is 12.3. The number of nitrogens with zero attached hydrogens (tertiary/aromatic N) is 2. The summed E-state index contributed by atoms with van der Waals surface area (Å²) < 4.78 is 0. The van der Waals surface area contributed by atoms with Crippen LogP contribution in [0.1, 0.15) is 39.2 Å². The van der Waals surface area contributed by atoms with E-state index in [-0.39, 0.29) is 17.4 Å². The lowest BCUT2D eigenvalue weighted by molar-refractivity contribution is -0.131. The van der Waals surface area contributed by atoms with Crippen molar-refractivity contribution in [1.82, 2.24) is 10.3 Å². The Hall–Kier alpha value is -1.58. The number of pyridine rings is 1. The minimum Gasteiger partial charge on any atom is -0.357 e. The first kappa shape index (κ1) is 14.8. The number of hydrogen-bond acceptors (Lipinski definition) is 3. The summed E-state index contributed by atoms with van der Waals surface area (Å²) in [6.07, 6.45) is 3.65. The van der Waals surface area contributed by atoms with Gasteiger partial charge in [0.1, 0.15) is 5.82 Å². The number of piperidine rings is 1. The molecule has 4 heteroatoms. The zero-order chi connectivity index (χ0) is 14.8. The molecule has 0 bridgehead atoms. The highest BCUT2D eigenvalue weighted by molar-refractivity contribution is 5.82. The first-order valence-corrected chi connectivity index (χ1v) is 7.39. The van der Waals surface area contributed by atoms with Crippen LogP contribution in [0.3, 0.4) is 0 Å². The van der Waals surface area contributed by atoms with Gasteiger partial charge in [-0.05, 0) is 45.2 Å². The molecule has 1 amide bonds. The van der Waals surface area contributed by atoms with Crippen LogP contribution in [0.4, 0.5) is 5.82 Å². The van der Waals surface area contributed by atoms with Crippen molar-refractivity contribution >= 4 is 11.7 Å². The van der Waals surface area contributed by atoms with Gasteiger partial charge in [0.15, 0.2) is 0 Å². The SMILES string of the molecule is Cc1ccc(N2CCC(C)(C(=O)NC(C)C)CC2)nc1. The number of rotatable bonds is 3. The number of carbonyl (C=O) groups is 1. The van der Waals surface area contributed by atoms with Crippen molar-refractivity contribution in [3.8, 4) is 0 Å². The third-order valence-corrected chi connectivity index (χ3v) is 4.05. The second-order valence-corrected chi connectivity index (χ2v) is 6.37. The van der Waals surface area contributed by atoms with E-state index in [1.165, 1.54) is 5.56 Å². The predicted molar refractivity (Wildman–Crippen MR) is 81.8 cm³/mol. The van der Waals surface area contributed by atoms with Crippen molar-refractivity contribution in [1.29, 1.82) is 0 Å². The van der Waals surface area contributed by atoms with Gasteiger partial charge in [0.05, 0.1) is 0 Å². The van der Waals surface area contributed by atoms with E-state index in [4.69, 9.17) is 0 Å². The van der Waals surface area contributed by atoms with Crippen molar-refractivity contribution in [2.45, 2.75) is 46.6 Å². The molecule has 0 unspecified atom stereocenters. The van der Waals surface area contributed by atoms with E-state index in [9.17, 15) is 4.79 Å². The summed E-state index contributed by atoms with van der Waals surface area (Å²) in [6.45, 7) is 9.90. The fraction of sp³-hybridized carbons (Fsp3) is 0.625. The van der Waals surface area contributed by atoms with Gasteiger partial charge in [-0.25, -0.2) is 4.98 Å². The first-order valence-electron chi connectivity index (χ1n) is 7.39. The molecule has 110 valence electrons. The fourth-order valence-corrected chi connectivity index (χ4v) is 2.54. The van der Waals surface area contributed by atoms with E-state index in [1.807, 2.05) is 27.0 Å². The third kappa shape index (κ3) is 3.30. The maximum Gasteiger partial charge on any atom is 0.226 e. The van der Waals surface area contributed by atoms with Gasteiger partial charge < -0.3 is 10.2 Å². The average Bonchev–Trinajstić information content (AvgIpc) is 2.40. The van der Waals surface area contributed by atoms with Crippen molar-refractivity contribution in [3.05, 3.63) is 23.9 Å². The van der Waals surface area contributed by atoms with Gasteiger partial charge in [-0.3, -0.25) is 4.79 Å². The molecule has 0 spiro atoms. The summed E-state index contributed by atoms with van der Waals surface area (Å²) in [4.78, 5) is 19.0. The zero-order valence-corrected chi connectivity index (χ0v) is 12.9. The Morgan fingerprint density at radius 1 is 1.35 bits per heavy atom. The number of amides is 1. The standard InChI is InChI=1S/C16H25N3O/c1-12(2)18-15(20)16(4)7-9-19(10-8-16)14-6-5-13(3)11-17-14/h5-6,11-12H,7-10H2,1-4H3,(H,18,20). The Morgan fingerprint density at radius 2 is 2.00 bits per heavy atom. The van der Waals surface area contributed by atoms with Crippen LogP contribution in [0.25, 0.3) is 0 Å². The van der Waals surface area contributed by atoms with E-state index in [0.717, 1.165) is 31.7 Å². The molecule has 20 heavy (non-hydrogen) atoms. The van der Waals surface area contributed by atoms with E-state index in [1.54, 1.807) is 0 Å². The predicted octanol–water partition coefficient (Wildman–Crippen LogP) is 2.52. The first-order chi connectivity index (χ1) is 9.40. The number of aryl methyl sites for hydroxylation is 1. The third-order valence-electron chi connectivity index (χ3n) is 4.05. The fourth-order valence-electron chi connectivity index (χ4n) is 2.54. The molecule has 1 aliphatic rings. The van der Waals surface area contributed by atoms with Gasteiger partial charge in [-0.15, -0.1) is 0 Å². The second-order valence-electron chi connectivity index (χ2n) is 6.37. The average molecular weight is 275 g/mol. The van der Waals surface area contributed by atoms with Crippen LogP contribution in [-0.4, -0.2) is 30.0 Å². The molecular weight excluding hydrogens is 250 g/mol. The second kappa shape index (κ2) is 5.81. The van der Waals surface area contributed by atoms with Crippen LogP contribution in [0, 0.1) is 12.3 Å². The zero-order valence-electron chi connectivity index (χ0n) is 12.9. The van der Waals surface area contributed by atoms with Crippen molar-refractivity contribution in [2.75, 3.05) is 18.0 Å². The van der Waals surface area contributed by atoms with Crippen LogP contribution in [0.5, 0.6) is 0 Å². The highest BCUT2D eigenvalue weighted by Gasteiger charge is 2.37. The van der Waals surface area contributed by atoms with Crippen LogP contribution in [0.2, 0.25) is 0 Å². The van der Waals surface area contributed by atoms with Gasteiger partial charge in [0.25, 0.3) is 0 Å². The smallest absolute Gasteiger partial charge is 0.226 e. The van der Waals surface area contributed by atoms with Gasteiger partial charge >= 0.3 is 0 Å². The Kier molecular flexibility index (Phi) is 4.31. The molecule has 4 nitrogen and oxygen atoms in total.